The van der Waals surface area contributed by atoms with Gasteiger partial charge in [-0.05, 0) is 19.1 Å². The van der Waals surface area contributed by atoms with Crippen molar-refractivity contribution in [2.75, 3.05) is 19.0 Å². The van der Waals surface area contributed by atoms with E-state index in [2.05, 4.69) is 10.7 Å². The fraction of sp³-hybridized carbons (Fsp3) is 0.300. The number of nitrogens with one attached hydrogen (secondary N) is 2. The number of hydrogen-bond acceptors (Lipinski definition) is 4. The predicted octanol–water partition coefficient (Wildman–Crippen LogP) is 0.731. The molecule has 0 radical (unpaired) electrons. The summed E-state index contributed by atoms with van der Waals surface area (Å²) in [7, 11) is 1.52. The number of hydrogen-bond donors (Lipinski definition) is 3. The van der Waals surface area contributed by atoms with Crippen molar-refractivity contribution in [1.82, 2.24) is 5.43 Å². The molecule has 0 aromatic heterocycles. The van der Waals surface area contributed by atoms with Crippen LogP contribution in [0, 0.1) is 0 Å². The van der Waals surface area contributed by atoms with Gasteiger partial charge in [0.25, 0.3) is 5.91 Å². The van der Waals surface area contributed by atoms with Crippen LogP contribution >= 0.6 is 0 Å². The molecule has 0 aliphatic heterocycles. The summed E-state index contributed by atoms with van der Waals surface area (Å²) < 4.78 is 5.17. The van der Waals surface area contributed by atoms with Gasteiger partial charge in [0.2, 0.25) is 0 Å². The second-order valence-electron chi connectivity index (χ2n) is 2.89. The van der Waals surface area contributed by atoms with Gasteiger partial charge in [0.05, 0.1) is 18.4 Å². The van der Waals surface area contributed by atoms with E-state index in [1.807, 2.05) is 13.0 Å². The van der Waals surface area contributed by atoms with Gasteiger partial charge in [-0.2, -0.15) is 0 Å². The van der Waals surface area contributed by atoms with Crippen LogP contribution < -0.4 is 21.3 Å². The number of amides is 1. The zero-order chi connectivity index (χ0) is 11.3. The minimum Gasteiger partial charge on any atom is -0.494 e. The molecule has 0 aliphatic carbocycles. The van der Waals surface area contributed by atoms with Crippen molar-refractivity contribution in [3.63, 3.8) is 0 Å². The van der Waals surface area contributed by atoms with Gasteiger partial charge in [0.1, 0.15) is 0 Å². The van der Waals surface area contributed by atoms with Gasteiger partial charge in [0.15, 0.2) is 5.75 Å². The minimum absolute atomic E-state index is 0.369. The third kappa shape index (κ3) is 2.38. The van der Waals surface area contributed by atoms with E-state index in [9.17, 15) is 4.79 Å². The molecule has 0 bridgehead atoms. The molecule has 4 N–H and O–H groups in total. The summed E-state index contributed by atoms with van der Waals surface area (Å²) in [5.74, 6) is 5.21. The second-order valence-corrected chi connectivity index (χ2v) is 2.89. The highest BCUT2D eigenvalue weighted by Crippen LogP contribution is 2.28. The van der Waals surface area contributed by atoms with Gasteiger partial charge in [-0.1, -0.05) is 6.07 Å². The van der Waals surface area contributed by atoms with Gasteiger partial charge in [0, 0.05) is 6.54 Å². The molecule has 1 rings (SSSR count). The molecule has 1 aromatic carbocycles. The summed E-state index contributed by atoms with van der Waals surface area (Å²) in [5, 5.41) is 3.10. The number of carbonyl (C=O) groups is 1. The Hall–Kier alpha value is -1.75. The van der Waals surface area contributed by atoms with Crippen molar-refractivity contribution in [3.8, 4) is 5.75 Å². The molecule has 1 aromatic rings. The van der Waals surface area contributed by atoms with Gasteiger partial charge in [-0.3, -0.25) is 10.2 Å². The van der Waals surface area contributed by atoms with Crippen molar-refractivity contribution < 1.29 is 9.53 Å². The van der Waals surface area contributed by atoms with E-state index in [0.29, 0.717) is 11.3 Å². The van der Waals surface area contributed by atoms with Crippen LogP contribution in [0.1, 0.15) is 17.3 Å². The summed E-state index contributed by atoms with van der Waals surface area (Å²) >= 11 is 0. The number of carbonyl (C=O) groups excluding carboxylic acids is 1. The number of hydrazine groups is 1. The monoisotopic (exact) mass is 209 g/mol. The molecule has 0 aliphatic rings. The lowest BCUT2D eigenvalue weighted by atomic mass is 10.1. The Bertz CT molecular complexity index is 353. The largest absolute Gasteiger partial charge is 0.494 e. The van der Waals surface area contributed by atoms with E-state index < -0.39 is 0 Å². The Kier molecular flexibility index (Phi) is 3.93. The van der Waals surface area contributed by atoms with Gasteiger partial charge in [-0.15, -0.1) is 0 Å². The molecule has 1 amide bonds. The second kappa shape index (κ2) is 5.21. The molecule has 0 unspecified atom stereocenters. The molecular weight excluding hydrogens is 194 g/mol. The molecule has 5 heteroatoms. The molecule has 82 valence electrons. The zero-order valence-electron chi connectivity index (χ0n) is 8.83. The Morgan fingerprint density at radius 3 is 2.80 bits per heavy atom. The van der Waals surface area contributed by atoms with Crippen LogP contribution in [0.3, 0.4) is 0 Å². The number of para-hydroxylation sites is 1. The van der Waals surface area contributed by atoms with Crippen LogP contribution in [0.15, 0.2) is 18.2 Å². The van der Waals surface area contributed by atoms with Gasteiger partial charge >= 0.3 is 0 Å². The summed E-state index contributed by atoms with van der Waals surface area (Å²) in [6.45, 7) is 2.72. The van der Waals surface area contributed by atoms with Crippen LogP contribution in [0.25, 0.3) is 0 Å². The van der Waals surface area contributed by atoms with Crippen LogP contribution in [0.5, 0.6) is 5.75 Å². The normalized spacial score (nSPS) is 9.53. The number of nitrogen functional groups attached to an aromatic ring is 1. The highest BCUT2D eigenvalue weighted by Gasteiger charge is 2.13. The highest BCUT2D eigenvalue weighted by atomic mass is 16.5. The van der Waals surface area contributed by atoms with Crippen molar-refractivity contribution >= 4 is 11.6 Å². The van der Waals surface area contributed by atoms with Crippen molar-refractivity contribution in [3.05, 3.63) is 23.8 Å². The maximum atomic E-state index is 11.4. The Morgan fingerprint density at radius 1 is 1.53 bits per heavy atom. The smallest absolute Gasteiger partial charge is 0.269 e. The summed E-state index contributed by atoms with van der Waals surface area (Å²) in [6, 6.07) is 5.27. The fourth-order valence-corrected chi connectivity index (χ4v) is 1.34. The number of nitrogens with two attached hydrogens (primary N) is 1. The first-order valence-corrected chi connectivity index (χ1v) is 4.66. The first-order valence-electron chi connectivity index (χ1n) is 4.66. The van der Waals surface area contributed by atoms with E-state index >= 15 is 0 Å². The molecule has 15 heavy (non-hydrogen) atoms. The lowest BCUT2D eigenvalue weighted by Gasteiger charge is -2.12. The van der Waals surface area contributed by atoms with Gasteiger partial charge in [-0.25, -0.2) is 5.84 Å². The molecule has 0 spiro atoms. The summed E-state index contributed by atoms with van der Waals surface area (Å²) in [5.41, 5.74) is 3.27. The van der Waals surface area contributed by atoms with Crippen molar-refractivity contribution in [1.29, 1.82) is 0 Å². The Labute approximate surface area is 88.6 Å². The van der Waals surface area contributed by atoms with E-state index in [1.165, 1.54) is 7.11 Å². The summed E-state index contributed by atoms with van der Waals surface area (Å²) in [4.78, 5) is 11.4. The number of ether oxygens (including phenoxy) is 1. The highest BCUT2D eigenvalue weighted by molar-refractivity contribution is 5.98. The average molecular weight is 209 g/mol. The molecule has 0 saturated heterocycles. The summed E-state index contributed by atoms with van der Waals surface area (Å²) in [6.07, 6.45) is 0. The standard InChI is InChI=1S/C10H15N3O2/c1-3-12-8-6-4-5-7(9(8)15-2)10(14)13-11/h4-6,12H,3,11H2,1-2H3,(H,13,14). The molecule has 0 atom stereocenters. The van der Waals surface area contributed by atoms with Crippen molar-refractivity contribution in [2.24, 2.45) is 5.84 Å². The molecule has 0 heterocycles. The topological polar surface area (TPSA) is 76.4 Å². The van der Waals surface area contributed by atoms with Crippen LogP contribution in [0.4, 0.5) is 5.69 Å². The third-order valence-corrected chi connectivity index (χ3v) is 1.96. The van der Waals surface area contributed by atoms with E-state index in [1.54, 1.807) is 12.1 Å². The fourth-order valence-electron chi connectivity index (χ4n) is 1.34. The first kappa shape index (κ1) is 11.3. The SMILES string of the molecule is CCNc1cccc(C(=O)NN)c1OC. The van der Waals surface area contributed by atoms with E-state index in [-0.39, 0.29) is 5.91 Å². The zero-order valence-corrected chi connectivity index (χ0v) is 8.83. The third-order valence-electron chi connectivity index (χ3n) is 1.96. The maximum absolute atomic E-state index is 11.4. The average Bonchev–Trinajstić information content (AvgIpc) is 2.28. The van der Waals surface area contributed by atoms with E-state index in [4.69, 9.17) is 10.6 Å². The maximum Gasteiger partial charge on any atom is 0.269 e. The van der Waals surface area contributed by atoms with Crippen molar-refractivity contribution in [2.45, 2.75) is 6.92 Å². The first-order chi connectivity index (χ1) is 7.24. The van der Waals surface area contributed by atoms with Crippen LogP contribution in [0.2, 0.25) is 0 Å². The molecule has 0 fully saturated rings. The Morgan fingerprint density at radius 2 is 2.27 bits per heavy atom. The lowest BCUT2D eigenvalue weighted by molar-refractivity contribution is 0.0950. The van der Waals surface area contributed by atoms with Crippen LogP contribution in [-0.4, -0.2) is 19.6 Å². The number of anilines is 1. The number of benzene rings is 1. The number of rotatable bonds is 4. The molecule has 5 nitrogen and oxygen atoms in total. The quantitative estimate of drug-likeness (QED) is 0.388. The molecule has 0 saturated carbocycles. The van der Waals surface area contributed by atoms with E-state index in [0.717, 1.165) is 12.2 Å². The lowest BCUT2D eigenvalue weighted by Crippen LogP contribution is -2.30. The molecular formula is C10H15N3O2. The number of methoxy groups -OCH3 is 1. The predicted molar refractivity (Wildman–Crippen MR) is 58.8 cm³/mol. The van der Waals surface area contributed by atoms with Crippen LogP contribution in [-0.2, 0) is 0 Å². The Balaban J connectivity index is 3.15. The van der Waals surface area contributed by atoms with Gasteiger partial charge < -0.3 is 10.1 Å². The minimum atomic E-state index is -0.369.